The molecule has 0 aliphatic heterocycles. The number of thiophene rings is 1. The number of aromatic nitrogens is 1. The first-order chi connectivity index (χ1) is 11.8. The van der Waals surface area contributed by atoms with Gasteiger partial charge in [-0.05, 0) is 17.7 Å². The molecule has 0 saturated carbocycles. The number of carbonyl (C=O) groups excluding carboxylic acids is 1. The molecule has 25 heavy (non-hydrogen) atoms. The van der Waals surface area contributed by atoms with E-state index in [1.807, 2.05) is 0 Å². The van der Waals surface area contributed by atoms with Gasteiger partial charge in [0.2, 0.25) is 0 Å². The first-order valence-corrected chi connectivity index (χ1v) is 9.87. The summed E-state index contributed by atoms with van der Waals surface area (Å²) in [6.45, 7) is 0.192. The molecule has 1 aromatic carbocycles. The van der Waals surface area contributed by atoms with E-state index in [0.29, 0.717) is 4.70 Å². The van der Waals surface area contributed by atoms with Crippen LogP contribution in [0.3, 0.4) is 0 Å². The van der Waals surface area contributed by atoms with Gasteiger partial charge >= 0.3 is 0 Å². The van der Waals surface area contributed by atoms with Crippen LogP contribution in [0.2, 0.25) is 0 Å². The van der Waals surface area contributed by atoms with Crippen molar-refractivity contribution in [3.8, 4) is 0 Å². The predicted molar refractivity (Wildman–Crippen MR) is 94.7 cm³/mol. The minimum Gasteiger partial charge on any atom is -0.397 e. The molecule has 3 aromatic rings. The van der Waals surface area contributed by atoms with Gasteiger partial charge in [-0.1, -0.05) is 12.1 Å². The fraction of sp³-hybridized carbons (Fsp3) is 0.125. The standard InChI is InChI=1S/C16H14FN3O3S2/c1-25(22,23)10-4-2-9(3-5-10)6-20-16(21)15-14(18)13-11(17)7-19-8-12(13)24-15/h2-5,7-8H,6,18H2,1H3,(H,20,21). The van der Waals surface area contributed by atoms with Gasteiger partial charge in [-0.3, -0.25) is 9.78 Å². The van der Waals surface area contributed by atoms with E-state index in [9.17, 15) is 17.6 Å². The van der Waals surface area contributed by atoms with E-state index in [4.69, 9.17) is 5.73 Å². The number of pyridine rings is 1. The Morgan fingerprint density at radius 2 is 1.96 bits per heavy atom. The third-order valence-corrected chi connectivity index (χ3v) is 5.87. The molecule has 0 unspecified atom stereocenters. The van der Waals surface area contributed by atoms with Gasteiger partial charge in [-0.25, -0.2) is 12.8 Å². The van der Waals surface area contributed by atoms with Crippen LogP contribution >= 0.6 is 11.3 Å². The molecule has 6 nitrogen and oxygen atoms in total. The van der Waals surface area contributed by atoms with Gasteiger partial charge in [0.1, 0.15) is 4.88 Å². The average molecular weight is 379 g/mol. The van der Waals surface area contributed by atoms with E-state index < -0.39 is 21.6 Å². The lowest BCUT2D eigenvalue weighted by Gasteiger charge is -2.06. The van der Waals surface area contributed by atoms with Crippen molar-refractivity contribution in [3.05, 3.63) is 52.9 Å². The molecule has 0 bridgehead atoms. The van der Waals surface area contributed by atoms with Crippen LogP contribution < -0.4 is 11.1 Å². The summed E-state index contributed by atoms with van der Waals surface area (Å²) in [6, 6.07) is 6.19. The number of hydrogen-bond acceptors (Lipinski definition) is 6. The lowest BCUT2D eigenvalue weighted by atomic mass is 10.2. The quantitative estimate of drug-likeness (QED) is 0.724. The summed E-state index contributed by atoms with van der Waals surface area (Å²) in [5.41, 5.74) is 6.71. The summed E-state index contributed by atoms with van der Waals surface area (Å²) < 4.78 is 37.1. The number of nitrogens with two attached hydrogens (primary N) is 1. The van der Waals surface area contributed by atoms with E-state index in [-0.39, 0.29) is 27.4 Å². The molecule has 0 aliphatic carbocycles. The maximum absolute atomic E-state index is 13.8. The van der Waals surface area contributed by atoms with Gasteiger partial charge in [-0.15, -0.1) is 11.3 Å². The number of nitrogens with zero attached hydrogens (tertiary/aromatic N) is 1. The van der Waals surface area contributed by atoms with Gasteiger partial charge in [0.15, 0.2) is 15.7 Å². The van der Waals surface area contributed by atoms with Crippen molar-refractivity contribution < 1.29 is 17.6 Å². The van der Waals surface area contributed by atoms with E-state index in [1.54, 1.807) is 12.1 Å². The summed E-state index contributed by atoms with van der Waals surface area (Å²) in [4.78, 5) is 16.5. The number of benzene rings is 1. The second-order valence-electron chi connectivity index (χ2n) is 5.44. The SMILES string of the molecule is CS(=O)(=O)c1ccc(CNC(=O)c2sc3cncc(F)c3c2N)cc1. The molecule has 3 N–H and O–H groups in total. The number of halogens is 1. The number of rotatable bonds is 4. The summed E-state index contributed by atoms with van der Waals surface area (Å²) in [5, 5.41) is 2.89. The van der Waals surface area contributed by atoms with Gasteiger partial charge in [0, 0.05) is 19.0 Å². The Balaban J connectivity index is 1.77. The monoisotopic (exact) mass is 379 g/mol. The Hall–Kier alpha value is -2.52. The Morgan fingerprint density at radius 1 is 1.28 bits per heavy atom. The van der Waals surface area contributed by atoms with Crippen LogP contribution in [0.1, 0.15) is 15.2 Å². The summed E-state index contributed by atoms with van der Waals surface area (Å²) in [6.07, 6.45) is 3.64. The van der Waals surface area contributed by atoms with Gasteiger partial charge < -0.3 is 11.1 Å². The second kappa shape index (κ2) is 6.41. The number of nitrogens with one attached hydrogen (secondary N) is 1. The minimum atomic E-state index is -3.26. The van der Waals surface area contributed by atoms with Crippen LogP contribution in [-0.4, -0.2) is 25.6 Å². The van der Waals surface area contributed by atoms with Crippen molar-refractivity contribution in [1.82, 2.24) is 10.3 Å². The molecular weight excluding hydrogens is 365 g/mol. The van der Waals surface area contributed by atoms with E-state index in [2.05, 4.69) is 10.3 Å². The zero-order valence-electron chi connectivity index (χ0n) is 13.1. The van der Waals surface area contributed by atoms with Crippen LogP contribution in [-0.2, 0) is 16.4 Å². The highest BCUT2D eigenvalue weighted by atomic mass is 32.2. The van der Waals surface area contributed by atoms with Crippen molar-refractivity contribution >= 4 is 42.9 Å². The predicted octanol–water partition coefficient (Wildman–Crippen LogP) is 2.35. The first kappa shape index (κ1) is 17.3. The Labute approximate surface area is 147 Å². The third-order valence-electron chi connectivity index (χ3n) is 3.60. The van der Waals surface area contributed by atoms with Crippen LogP contribution in [0.5, 0.6) is 0 Å². The largest absolute Gasteiger partial charge is 0.397 e. The minimum absolute atomic E-state index is 0.0878. The lowest BCUT2D eigenvalue weighted by molar-refractivity contribution is 0.0956. The zero-order chi connectivity index (χ0) is 18.2. The van der Waals surface area contributed by atoms with E-state index >= 15 is 0 Å². The molecule has 0 fully saturated rings. The molecule has 0 aliphatic rings. The van der Waals surface area contributed by atoms with E-state index in [0.717, 1.165) is 29.4 Å². The highest BCUT2D eigenvalue weighted by molar-refractivity contribution is 7.90. The second-order valence-corrected chi connectivity index (χ2v) is 8.51. The number of sulfone groups is 1. The molecule has 9 heteroatoms. The molecule has 0 spiro atoms. The van der Waals surface area contributed by atoms with Gasteiger partial charge in [0.05, 0.1) is 26.9 Å². The van der Waals surface area contributed by atoms with Crippen molar-refractivity contribution in [1.29, 1.82) is 0 Å². The van der Waals surface area contributed by atoms with Gasteiger partial charge in [-0.2, -0.15) is 0 Å². The molecule has 0 saturated heterocycles. The molecule has 2 heterocycles. The highest BCUT2D eigenvalue weighted by Gasteiger charge is 2.19. The number of amides is 1. The Morgan fingerprint density at radius 3 is 2.56 bits per heavy atom. The van der Waals surface area contributed by atoms with Crippen molar-refractivity contribution in [2.45, 2.75) is 11.4 Å². The van der Waals surface area contributed by atoms with Crippen molar-refractivity contribution in [2.24, 2.45) is 0 Å². The highest BCUT2D eigenvalue weighted by Crippen LogP contribution is 2.34. The van der Waals surface area contributed by atoms with Crippen LogP contribution in [0, 0.1) is 5.82 Å². The number of hydrogen-bond donors (Lipinski definition) is 2. The smallest absolute Gasteiger partial charge is 0.263 e. The first-order valence-electron chi connectivity index (χ1n) is 7.16. The van der Waals surface area contributed by atoms with Crippen molar-refractivity contribution in [3.63, 3.8) is 0 Å². The molecule has 130 valence electrons. The number of anilines is 1. The summed E-state index contributed by atoms with van der Waals surface area (Å²) >= 11 is 1.07. The fourth-order valence-corrected chi connectivity index (χ4v) is 3.97. The lowest BCUT2D eigenvalue weighted by Crippen LogP contribution is -2.22. The van der Waals surface area contributed by atoms with E-state index in [1.165, 1.54) is 18.3 Å². The molecule has 1 amide bonds. The third kappa shape index (κ3) is 3.47. The van der Waals surface area contributed by atoms with Crippen LogP contribution in [0.4, 0.5) is 10.1 Å². The molecule has 0 atom stereocenters. The van der Waals surface area contributed by atoms with Crippen LogP contribution in [0.15, 0.2) is 41.6 Å². The van der Waals surface area contributed by atoms with Crippen molar-refractivity contribution in [2.75, 3.05) is 12.0 Å². The number of carbonyl (C=O) groups is 1. The van der Waals surface area contributed by atoms with Gasteiger partial charge in [0.25, 0.3) is 5.91 Å². The zero-order valence-corrected chi connectivity index (χ0v) is 14.7. The molecule has 0 radical (unpaired) electrons. The average Bonchev–Trinajstić information content (AvgIpc) is 2.90. The molecule has 3 rings (SSSR count). The molecule has 2 aromatic heterocycles. The molecular formula is C16H14FN3O3S2. The number of nitrogen functional groups attached to an aromatic ring is 1. The number of fused-ring (bicyclic) bond motifs is 1. The summed E-state index contributed by atoms with van der Waals surface area (Å²) in [7, 11) is -3.26. The topological polar surface area (TPSA) is 102 Å². The Bertz CT molecular complexity index is 1060. The normalized spacial score (nSPS) is 11.6. The maximum atomic E-state index is 13.8. The van der Waals surface area contributed by atoms with Crippen LogP contribution in [0.25, 0.3) is 10.1 Å². The maximum Gasteiger partial charge on any atom is 0.263 e. The Kier molecular flexibility index (Phi) is 4.44. The fourth-order valence-electron chi connectivity index (χ4n) is 2.32. The summed E-state index contributed by atoms with van der Waals surface area (Å²) in [5.74, 6) is -0.994.